The maximum Gasteiger partial charge on any atom is 0.158 e. The topological polar surface area (TPSA) is 56.2 Å². The van der Waals surface area contributed by atoms with Gasteiger partial charge in [0.2, 0.25) is 0 Å². The highest BCUT2D eigenvalue weighted by atomic mass is 15.2. The highest BCUT2D eigenvalue weighted by Gasteiger charge is 2.21. The summed E-state index contributed by atoms with van der Waals surface area (Å²) in [5, 5.41) is 4.30. The molecule has 0 radical (unpaired) electrons. The standard InChI is InChI=1S/C11H14N4/c12-9-5-13-11-10(6-14-15(11)7-9)8-3-1-2-4-8/h5-8H,1-4,12H2. The molecule has 2 aromatic rings. The molecule has 1 aliphatic rings. The van der Waals surface area contributed by atoms with E-state index in [4.69, 9.17) is 5.73 Å². The fraction of sp³-hybridized carbons (Fsp3) is 0.455. The van der Waals surface area contributed by atoms with Crippen molar-refractivity contribution in [2.45, 2.75) is 31.6 Å². The zero-order valence-corrected chi connectivity index (χ0v) is 8.56. The minimum Gasteiger partial charge on any atom is -0.396 e. The highest BCUT2D eigenvalue weighted by Crippen LogP contribution is 2.35. The van der Waals surface area contributed by atoms with Gasteiger partial charge in [0.1, 0.15) is 0 Å². The van der Waals surface area contributed by atoms with Gasteiger partial charge in [-0.3, -0.25) is 0 Å². The first-order valence-corrected chi connectivity index (χ1v) is 5.43. The number of nitrogens with two attached hydrogens (primary N) is 1. The predicted molar refractivity (Wildman–Crippen MR) is 58.6 cm³/mol. The Morgan fingerprint density at radius 1 is 1.27 bits per heavy atom. The monoisotopic (exact) mass is 202 g/mol. The third kappa shape index (κ3) is 1.37. The molecular formula is C11H14N4. The van der Waals surface area contributed by atoms with Gasteiger partial charge in [-0.2, -0.15) is 5.10 Å². The van der Waals surface area contributed by atoms with Crippen molar-refractivity contribution in [1.82, 2.24) is 14.6 Å². The van der Waals surface area contributed by atoms with Crippen molar-refractivity contribution in [3.05, 3.63) is 24.2 Å². The summed E-state index contributed by atoms with van der Waals surface area (Å²) in [7, 11) is 0. The molecule has 0 bridgehead atoms. The Kier molecular flexibility index (Phi) is 1.87. The molecule has 0 aliphatic heterocycles. The van der Waals surface area contributed by atoms with Crippen LogP contribution in [0.3, 0.4) is 0 Å². The first-order valence-electron chi connectivity index (χ1n) is 5.43. The van der Waals surface area contributed by atoms with Crippen LogP contribution < -0.4 is 5.73 Å². The summed E-state index contributed by atoms with van der Waals surface area (Å²) in [6.07, 6.45) is 10.7. The van der Waals surface area contributed by atoms with Crippen molar-refractivity contribution in [3.63, 3.8) is 0 Å². The molecule has 3 rings (SSSR count). The first kappa shape index (κ1) is 8.71. The van der Waals surface area contributed by atoms with E-state index in [2.05, 4.69) is 10.1 Å². The van der Waals surface area contributed by atoms with E-state index in [1.807, 2.05) is 12.4 Å². The summed E-state index contributed by atoms with van der Waals surface area (Å²) in [5.41, 5.74) is 8.57. The molecular weight excluding hydrogens is 188 g/mol. The summed E-state index contributed by atoms with van der Waals surface area (Å²) >= 11 is 0. The average molecular weight is 202 g/mol. The van der Waals surface area contributed by atoms with Crippen LogP contribution in [0.25, 0.3) is 5.65 Å². The number of rotatable bonds is 1. The van der Waals surface area contributed by atoms with Crippen molar-refractivity contribution in [1.29, 1.82) is 0 Å². The SMILES string of the molecule is Nc1cnc2c(C3CCCC3)cnn2c1. The Bertz CT molecular complexity index is 482. The first-order chi connectivity index (χ1) is 7.34. The van der Waals surface area contributed by atoms with Crippen LogP contribution in [0.1, 0.15) is 37.2 Å². The van der Waals surface area contributed by atoms with Crippen molar-refractivity contribution in [3.8, 4) is 0 Å². The minimum atomic E-state index is 0.652. The van der Waals surface area contributed by atoms with Crippen molar-refractivity contribution >= 4 is 11.3 Å². The minimum absolute atomic E-state index is 0.652. The quantitative estimate of drug-likeness (QED) is 0.769. The number of aromatic nitrogens is 3. The Labute approximate surface area is 88.1 Å². The van der Waals surface area contributed by atoms with Crippen LogP contribution in [-0.4, -0.2) is 14.6 Å². The van der Waals surface area contributed by atoms with Gasteiger partial charge in [0.05, 0.1) is 24.3 Å². The van der Waals surface area contributed by atoms with E-state index >= 15 is 0 Å². The second-order valence-corrected chi connectivity index (χ2v) is 4.24. The number of fused-ring (bicyclic) bond motifs is 1. The summed E-state index contributed by atoms with van der Waals surface area (Å²) < 4.78 is 1.78. The fourth-order valence-electron chi connectivity index (χ4n) is 2.43. The van der Waals surface area contributed by atoms with E-state index in [1.165, 1.54) is 31.2 Å². The predicted octanol–water partition coefficient (Wildman–Crippen LogP) is 1.97. The molecule has 0 aromatic carbocycles. The van der Waals surface area contributed by atoms with Crippen molar-refractivity contribution in [2.75, 3.05) is 5.73 Å². The Balaban J connectivity index is 2.11. The van der Waals surface area contributed by atoms with Crippen LogP contribution in [-0.2, 0) is 0 Å². The molecule has 0 spiro atoms. The molecule has 2 heterocycles. The molecule has 0 atom stereocenters. The van der Waals surface area contributed by atoms with E-state index in [9.17, 15) is 0 Å². The van der Waals surface area contributed by atoms with E-state index in [0.29, 0.717) is 11.6 Å². The second kappa shape index (κ2) is 3.22. The van der Waals surface area contributed by atoms with Crippen molar-refractivity contribution in [2.24, 2.45) is 0 Å². The smallest absolute Gasteiger partial charge is 0.158 e. The summed E-state index contributed by atoms with van der Waals surface area (Å²) in [5.74, 6) is 0.652. The molecule has 78 valence electrons. The number of anilines is 1. The molecule has 1 aliphatic carbocycles. The Morgan fingerprint density at radius 2 is 2.07 bits per heavy atom. The molecule has 15 heavy (non-hydrogen) atoms. The van der Waals surface area contributed by atoms with Gasteiger partial charge in [-0.1, -0.05) is 12.8 Å². The maximum atomic E-state index is 5.66. The lowest BCUT2D eigenvalue weighted by atomic mass is 10.0. The van der Waals surface area contributed by atoms with Gasteiger partial charge < -0.3 is 5.73 Å². The number of hydrogen-bond acceptors (Lipinski definition) is 3. The highest BCUT2D eigenvalue weighted by molar-refractivity contribution is 5.51. The van der Waals surface area contributed by atoms with E-state index < -0.39 is 0 Å². The van der Waals surface area contributed by atoms with Gasteiger partial charge in [0, 0.05) is 5.56 Å². The van der Waals surface area contributed by atoms with Crippen LogP contribution in [0.4, 0.5) is 5.69 Å². The lowest BCUT2D eigenvalue weighted by Crippen LogP contribution is -1.97. The molecule has 0 saturated heterocycles. The van der Waals surface area contributed by atoms with Gasteiger partial charge in [-0.05, 0) is 18.8 Å². The van der Waals surface area contributed by atoms with Crippen molar-refractivity contribution < 1.29 is 0 Å². The molecule has 1 saturated carbocycles. The molecule has 2 aromatic heterocycles. The summed E-state index contributed by atoms with van der Waals surface area (Å²) in [4.78, 5) is 4.36. The van der Waals surface area contributed by atoms with Gasteiger partial charge >= 0.3 is 0 Å². The maximum absolute atomic E-state index is 5.66. The van der Waals surface area contributed by atoms with E-state index in [-0.39, 0.29) is 0 Å². The number of nitrogens with zero attached hydrogens (tertiary/aromatic N) is 3. The van der Waals surface area contributed by atoms with Crippen LogP contribution >= 0.6 is 0 Å². The Hall–Kier alpha value is -1.58. The van der Waals surface area contributed by atoms with Crippen LogP contribution in [0.2, 0.25) is 0 Å². The van der Waals surface area contributed by atoms with Gasteiger partial charge in [-0.25, -0.2) is 9.50 Å². The lowest BCUT2D eigenvalue weighted by molar-refractivity contribution is 0.727. The van der Waals surface area contributed by atoms with Crippen LogP contribution in [0.15, 0.2) is 18.6 Å². The molecule has 0 amide bonds. The molecule has 0 unspecified atom stereocenters. The molecule has 4 heteroatoms. The third-order valence-electron chi connectivity index (χ3n) is 3.20. The van der Waals surface area contributed by atoms with E-state index in [1.54, 1.807) is 10.7 Å². The van der Waals surface area contributed by atoms with Gasteiger partial charge in [0.15, 0.2) is 5.65 Å². The summed E-state index contributed by atoms with van der Waals surface area (Å²) in [6, 6.07) is 0. The fourth-order valence-corrected chi connectivity index (χ4v) is 2.43. The van der Waals surface area contributed by atoms with Crippen LogP contribution in [0.5, 0.6) is 0 Å². The largest absolute Gasteiger partial charge is 0.396 e. The normalized spacial score (nSPS) is 17.6. The molecule has 2 N–H and O–H groups in total. The van der Waals surface area contributed by atoms with Gasteiger partial charge in [0.25, 0.3) is 0 Å². The molecule has 4 nitrogen and oxygen atoms in total. The average Bonchev–Trinajstić information content (AvgIpc) is 2.82. The number of nitrogen functional groups attached to an aromatic ring is 1. The zero-order valence-electron chi connectivity index (χ0n) is 8.56. The number of hydrogen-bond donors (Lipinski definition) is 1. The third-order valence-corrected chi connectivity index (χ3v) is 3.20. The summed E-state index contributed by atoms with van der Waals surface area (Å²) in [6.45, 7) is 0. The second-order valence-electron chi connectivity index (χ2n) is 4.24. The zero-order chi connectivity index (χ0) is 10.3. The lowest BCUT2D eigenvalue weighted by Gasteiger charge is -2.05. The Morgan fingerprint density at radius 3 is 2.87 bits per heavy atom. The molecule has 1 fully saturated rings. The van der Waals surface area contributed by atoms with Gasteiger partial charge in [-0.15, -0.1) is 0 Å². The van der Waals surface area contributed by atoms with Crippen LogP contribution in [0, 0.1) is 0 Å². The van der Waals surface area contributed by atoms with E-state index in [0.717, 1.165) is 5.65 Å².